The topological polar surface area (TPSA) is 55.1 Å². The van der Waals surface area contributed by atoms with E-state index in [0.29, 0.717) is 6.42 Å². The molecular weight excluding hydrogens is 269 g/mol. The zero-order chi connectivity index (χ0) is 15.2. The minimum atomic E-state index is -4.54. The largest absolute Gasteiger partial charge is 0.418 e. The van der Waals surface area contributed by atoms with Crippen LogP contribution in [0.25, 0.3) is 0 Å². The van der Waals surface area contributed by atoms with Gasteiger partial charge in [0.25, 0.3) is 0 Å². The lowest BCUT2D eigenvalue weighted by Crippen LogP contribution is -2.16. The van der Waals surface area contributed by atoms with Gasteiger partial charge in [-0.2, -0.15) is 13.2 Å². The lowest BCUT2D eigenvalue weighted by Gasteiger charge is -2.14. The second-order valence-corrected chi connectivity index (χ2v) is 4.66. The molecule has 0 bridgehead atoms. The van der Waals surface area contributed by atoms with Gasteiger partial charge in [-0.15, -0.1) is 0 Å². The quantitative estimate of drug-likeness (QED) is 0.609. The molecule has 0 spiro atoms. The Morgan fingerprint density at radius 3 is 2.55 bits per heavy atom. The number of amides is 1. The Morgan fingerprint density at radius 2 is 1.95 bits per heavy atom. The molecule has 3 nitrogen and oxygen atoms in total. The lowest BCUT2D eigenvalue weighted by molar-refractivity contribution is -0.136. The molecule has 0 atom stereocenters. The van der Waals surface area contributed by atoms with Crippen molar-refractivity contribution >= 4 is 17.3 Å². The molecule has 1 amide bonds. The molecule has 0 fully saturated rings. The molecule has 0 radical (unpaired) electrons. The van der Waals surface area contributed by atoms with E-state index < -0.39 is 17.6 Å². The number of carbonyl (C=O) groups is 1. The summed E-state index contributed by atoms with van der Waals surface area (Å²) in [7, 11) is 0. The van der Waals surface area contributed by atoms with Gasteiger partial charge < -0.3 is 11.1 Å². The van der Waals surface area contributed by atoms with Gasteiger partial charge in [0.15, 0.2) is 0 Å². The van der Waals surface area contributed by atoms with Crippen molar-refractivity contribution < 1.29 is 18.0 Å². The Morgan fingerprint density at radius 1 is 1.25 bits per heavy atom. The lowest BCUT2D eigenvalue weighted by atomic mass is 10.1. The van der Waals surface area contributed by atoms with Crippen LogP contribution >= 0.6 is 0 Å². The van der Waals surface area contributed by atoms with E-state index in [2.05, 4.69) is 5.32 Å². The second-order valence-electron chi connectivity index (χ2n) is 4.66. The van der Waals surface area contributed by atoms with Crippen LogP contribution in [0.3, 0.4) is 0 Å². The summed E-state index contributed by atoms with van der Waals surface area (Å²) in [4.78, 5) is 11.6. The Labute approximate surface area is 116 Å². The standard InChI is InChI=1S/C14H19F3N2O/c1-2-3-4-5-6-13(20)19-12-8-7-10(18)9-11(12)14(15,16)17/h7-9H,2-6,18H2,1H3,(H,19,20). The normalized spacial score (nSPS) is 11.4. The van der Waals surface area contributed by atoms with E-state index in [1.807, 2.05) is 6.92 Å². The van der Waals surface area contributed by atoms with Crippen LogP contribution in [-0.2, 0) is 11.0 Å². The van der Waals surface area contributed by atoms with Gasteiger partial charge in [-0.25, -0.2) is 0 Å². The Balaban J connectivity index is 2.70. The zero-order valence-corrected chi connectivity index (χ0v) is 11.4. The number of nitrogen functional groups attached to an aromatic ring is 1. The summed E-state index contributed by atoms with van der Waals surface area (Å²) in [6.07, 6.45) is -0.684. The van der Waals surface area contributed by atoms with Gasteiger partial charge in [-0.1, -0.05) is 26.2 Å². The number of anilines is 2. The van der Waals surface area contributed by atoms with E-state index in [1.165, 1.54) is 12.1 Å². The van der Waals surface area contributed by atoms with E-state index >= 15 is 0 Å². The summed E-state index contributed by atoms with van der Waals surface area (Å²) in [5.74, 6) is -0.406. The number of hydrogen-bond acceptors (Lipinski definition) is 2. The van der Waals surface area contributed by atoms with Crippen molar-refractivity contribution in [2.75, 3.05) is 11.1 Å². The third-order valence-corrected chi connectivity index (χ3v) is 2.88. The average molecular weight is 288 g/mol. The van der Waals surface area contributed by atoms with Crippen LogP contribution < -0.4 is 11.1 Å². The zero-order valence-electron chi connectivity index (χ0n) is 11.4. The van der Waals surface area contributed by atoms with E-state index in [-0.39, 0.29) is 17.8 Å². The van der Waals surface area contributed by atoms with Crippen LogP contribution in [0.15, 0.2) is 18.2 Å². The van der Waals surface area contributed by atoms with Gasteiger partial charge in [-0.3, -0.25) is 4.79 Å². The van der Waals surface area contributed by atoms with Crippen molar-refractivity contribution in [1.29, 1.82) is 0 Å². The van der Waals surface area contributed by atoms with E-state index in [1.54, 1.807) is 0 Å². The van der Waals surface area contributed by atoms with Crippen LogP contribution in [0.1, 0.15) is 44.6 Å². The summed E-state index contributed by atoms with van der Waals surface area (Å²) < 4.78 is 38.5. The fourth-order valence-corrected chi connectivity index (χ4v) is 1.83. The molecule has 1 aromatic rings. The monoisotopic (exact) mass is 288 g/mol. The molecule has 0 unspecified atom stereocenters. The van der Waals surface area contributed by atoms with Gasteiger partial charge >= 0.3 is 6.18 Å². The number of rotatable bonds is 6. The number of nitrogens with two attached hydrogens (primary N) is 1. The first kappa shape index (κ1) is 16.3. The first-order chi connectivity index (χ1) is 9.34. The van der Waals surface area contributed by atoms with Crippen LogP contribution in [0, 0.1) is 0 Å². The highest BCUT2D eigenvalue weighted by molar-refractivity contribution is 5.91. The van der Waals surface area contributed by atoms with Crippen molar-refractivity contribution in [3.05, 3.63) is 23.8 Å². The molecule has 20 heavy (non-hydrogen) atoms. The number of halogens is 3. The molecule has 0 aliphatic rings. The third kappa shape index (κ3) is 5.11. The highest BCUT2D eigenvalue weighted by Gasteiger charge is 2.34. The highest BCUT2D eigenvalue weighted by atomic mass is 19.4. The van der Waals surface area contributed by atoms with Crippen LogP contribution in [-0.4, -0.2) is 5.91 Å². The Hall–Kier alpha value is -1.72. The van der Waals surface area contributed by atoms with Gasteiger partial charge in [0.1, 0.15) is 0 Å². The predicted octanol–water partition coefficient (Wildman–Crippen LogP) is 4.20. The molecule has 0 heterocycles. The fraction of sp³-hybridized carbons (Fsp3) is 0.500. The van der Waals surface area contributed by atoms with E-state index in [0.717, 1.165) is 25.3 Å². The molecule has 3 N–H and O–H groups in total. The minimum Gasteiger partial charge on any atom is -0.399 e. The van der Waals surface area contributed by atoms with Crippen molar-refractivity contribution in [3.63, 3.8) is 0 Å². The van der Waals surface area contributed by atoms with E-state index in [4.69, 9.17) is 5.73 Å². The second kappa shape index (κ2) is 7.17. The number of unbranched alkanes of at least 4 members (excludes halogenated alkanes) is 3. The smallest absolute Gasteiger partial charge is 0.399 e. The number of alkyl halides is 3. The minimum absolute atomic E-state index is 0.0123. The first-order valence-electron chi connectivity index (χ1n) is 6.61. The van der Waals surface area contributed by atoms with Crippen molar-refractivity contribution in [2.45, 2.75) is 45.2 Å². The number of nitrogens with one attached hydrogen (secondary N) is 1. The Kier molecular flexibility index (Phi) is 5.85. The molecular formula is C14H19F3N2O. The van der Waals surface area contributed by atoms with Gasteiger partial charge in [-0.05, 0) is 24.6 Å². The third-order valence-electron chi connectivity index (χ3n) is 2.88. The van der Waals surface area contributed by atoms with Crippen molar-refractivity contribution in [2.24, 2.45) is 0 Å². The Bertz CT molecular complexity index is 458. The highest BCUT2D eigenvalue weighted by Crippen LogP contribution is 2.36. The molecule has 1 aromatic carbocycles. The maximum Gasteiger partial charge on any atom is 0.418 e. The van der Waals surface area contributed by atoms with Crippen LogP contribution in [0.4, 0.5) is 24.5 Å². The number of benzene rings is 1. The summed E-state index contributed by atoms with van der Waals surface area (Å²) in [6.45, 7) is 2.05. The fourth-order valence-electron chi connectivity index (χ4n) is 1.83. The SMILES string of the molecule is CCCCCCC(=O)Nc1ccc(N)cc1C(F)(F)F. The van der Waals surface area contributed by atoms with Crippen LogP contribution in [0.5, 0.6) is 0 Å². The maximum atomic E-state index is 12.8. The average Bonchev–Trinajstić information content (AvgIpc) is 2.35. The number of hydrogen-bond donors (Lipinski definition) is 2. The molecule has 1 rings (SSSR count). The van der Waals surface area contributed by atoms with Crippen molar-refractivity contribution in [1.82, 2.24) is 0 Å². The first-order valence-corrected chi connectivity index (χ1v) is 6.61. The molecule has 0 saturated heterocycles. The summed E-state index contributed by atoms with van der Waals surface area (Å²) in [6, 6.07) is 3.34. The van der Waals surface area contributed by atoms with Gasteiger partial charge in [0.05, 0.1) is 11.3 Å². The maximum absolute atomic E-state index is 12.8. The molecule has 6 heteroatoms. The molecule has 112 valence electrons. The van der Waals surface area contributed by atoms with E-state index in [9.17, 15) is 18.0 Å². The molecule has 0 aliphatic carbocycles. The summed E-state index contributed by atoms with van der Waals surface area (Å²) in [5.41, 5.74) is 4.21. The van der Waals surface area contributed by atoms with Crippen molar-refractivity contribution in [3.8, 4) is 0 Å². The molecule has 0 saturated carbocycles. The van der Waals surface area contributed by atoms with Crippen LogP contribution in [0.2, 0.25) is 0 Å². The van der Waals surface area contributed by atoms with Gasteiger partial charge in [0.2, 0.25) is 5.91 Å². The predicted molar refractivity (Wildman–Crippen MR) is 73.2 cm³/mol. The number of carbonyl (C=O) groups excluding carboxylic acids is 1. The summed E-state index contributed by atoms with van der Waals surface area (Å²) in [5, 5.41) is 2.31. The summed E-state index contributed by atoms with van der Waals surface area (Å²) >= 11 is 0. The molecule has 0 aromatic heterocycles. The molecule has 0 aliphatic heterocycles. The van der Waals surface area contributed by atoms with Gasteiger partial charge in [0, 0.05) is 12.1 Å².